The van der Waals surface area contributed by atoms with E-state index in [0.717, 1.165) is 32.2 Å². The summed E-state index contributed by atoms with van der Waals surface area (Å²) in [7, 11) is 0. The highest BCUT2D eigenvalue weighted by Gasteiger charge is 2.38. The Kier molecular flexibility index (Phi) is 27.0. The maximum absolute atomic E-state index is 12.3. The van der Waals surface area contributed by atoms with E-state index in [-0.39, 0.29) is 29.9 Å². The number of unbranched alkanes of at least 4 members (excludes halogenated alkanes) is 4. The van der Waals surface area contributed by atoms with Crippen molar-refractivity contribution in [1.82, 2.24) is 4.90 Å². The molecule has 1 saturated heterocycles. The molecule has 4 N–H and O–H groups in total. The van der Waals surface area contributed by atoms with Crippen LogP contribution in [-0.4, -0.2) is 113 Å². The number of nitrogens with two attached hydrogens (primary N) is 2. The first-order chi connectivity index (χ1) is 19.0. The minimum atomic E-state index is -1.33. The molecule has 0 aromatic carbocycles. The molecular formula is C26H48FN3O8S. The monoisotopic (exact) mass is 581 g/mol. The first-order valence-corrected chi connectivity index (χ1v) is 14.8. The summed E-state index contributed by atoms with van der Waals surface area (Å²) in [6.45, 7) is 5.47. The lowest BCUT2D eigenvalue weighted by atomic mass is 10.2. The van der Waals surface area contributed by atoms with Gasteiger partial charge in [-0.2, -0.15) is 4.39 Å². The summed E-state index contributed by atoms with van der Waals surface area (Å²) in [5.41, 5.74) is 10.5. The maximum Gasteiger partial charge on any atom is 0.301 e. The molecule has 1 heterocycles. The number of carbonyl (C=O) groups excluding carboxylic acids is 4. The van der Waals surface area contributed by atoms with Crippen molar-refractivity contribution in [1.29, 1.82) is 0 Å². The van der Waals surface area contributed by atoms with Gasteiger partial charge in [0.1, 0.15) is 6.29 Å². The SMILES string of the molecule is NCCCCCN.O=CCCOCCOCCOCCOCCSC1CC(=O)N(CCCCCC(=O)F)C1=O. The van der Waals surface area contributed by atoms with Gasteiger partial charge < -0.3 is 35.2 Å². The fraction of sp³-hybridized carbons (Fsp3) is 0.846. The highest BCUT2D eigenvalue weighted by molar-refractivity contribution is 8.00. The van der Waals surface area contributed by atoms with E-state index in [9.17, 15) is 23.6 Å². The molecule has 1 aliphatic heterocycles. The van der Waals surface area contributed by atoms with E-state index in [2.05, 4.69) is 0 Å². The molecule has 0 aromatic rings. The highest BCUT2D eigenvalue weighted by atomic mass is 32.2. The van der Waals surface area contributed by atoms with Crippen molar-refractivity contribution in [2.24, 2.45) is 11.5 Å². The first-order valence-electron chi connectivity index (χ1n) is 13.8. The molecule has 228 valence electrons. The first kappa shape index (κ1) is 37.5. The van der Waals surface area contributed by atoms with Gasteiger partial charge in [-0.15, -0.1) is 11.8 Å². The van der Waals surface area contributed by atoms with Crippen LogP contribution < -0.4 is 11.5 Å². The second kappa shape index (κ2) is 28.1. The van der Waals surface area contributed by atoms with E-state index in [1.165, 1.54) is 23.1 Å². The molecule has 0 aromatic heterocycles. The van der Waals surface area contributed by atoms with Gasteiger partial charge in [-0.1, -0.05) is 12.8 Å². The Morgan fingerprint density at radius 3 is 1.92 bits per heavy atom. The lowest BCUT2D eigenvalue weighted by Gasteiger charge is -2.14. The second-order valence-corrected chi connectivity index (χ2v) is 9.97. The fourth-order valence-corrected chi connectivity index (χ4v) is 4.37. The van der Waals surface area contributed by atoms with Gasteiger partial charge in [-0.05, 0) is 38.8 Å². The second-order valence-electron chi connectivity index (χ2n) is 8.66. The van der Waals surface area contributed by atoms with E-state index in [1.54, 1.807) is 0 Å². The quantitative estimate of drug-likeness (QED) is 0.0661. The Morgan fingerprint density at radius 1 is 0.846 bits per heavy atom. The van der Waals surface area contributed by atoms with Gasteiger partial charge in [0, 0.05) is 31.6 Å². The largest absolute Gasteiger partial charge is 0.379 e. The molecule has 0 saturated carbocycles. The van der Waals surface area contributed by atoms with Crippen molar-refractivity contribution in [3.8, 4) is 0 Å². The Balaban J connectivity index is 0.00000181. The highest BCUT2D eigenvalue weighted by Crippen LogP contribution is 2.25. The van der Waals surface area contributed by atoms with Gasteiger partial charge in [-0.3, -0.25) is 19.3 Å². The molecule has 11 nitrogen and oxygen atoms in total. The predicted octanol–water partition coefficient (Wildman–Crippen LogP) is 1.63. The van der Waals surface area contributed by atoms with Crippen molar-refractivity contribution in [2.45, 2.75) is 63.0 Å². The van der Waals surface area contributed by atoms with E-state index < -0.39 is 6.04 Å². The van der Waals surface area contributed by atoms with E-state index in [4.69, 9.17) is 30.4 Å². The smallest absolute Gasteiger partial charge is 0.301 e. The Bertz CT molecular complexity index is 644. The van der Waals surface area contributed by atoms with Crippen LogP contribution in [0, 0.1) is 0 Å². The van der Waals surface area contributed by atoms with Crippen LogP contribution >= 0.6 is 11.8 Å². The Hall–Kier alpha value is -1.48. The van der Waals surface area contributed by atoms with Gasteiger partial charge in [0.2, 0.25) is 11.8 Å². The van der Waals surface area contributed by atoms with Crippen molar-refractivity contribution in [3.63, 3.8) is 0 Å². The van der Waals surface area contributed by atoms with Crippen LogP contribution in [0.15, 0.2) is 0 Å². The number of nitrogens with zero attached hydrogens (tertiary/aromatic N) is 1. The summed E-state index contributed by atoms with van der Waals surface area (Å²) in [5.74, 6) is 0.237. The van der Waals surface area contributed by atoms with Crippen molar-refractivity contribution < 1.29 is 42.5 Å². The van der Waals surface area contributed by atoms with Crippen LogP contribution in [0.2, 0.25) is 0 Å². The maximum atomic E-state index is 12.3. The number of carbonyl (C=O) groups is 4. The number of imide groups is 1. The van der Waals surface area contributed by atoms with Crippen molar-refractivity contribution in [2.75, 3.05) is 78.2 Å². The summed E-state index contributed by atoms with van der Waals surface area (Å²) in [4.78, 5) is 46.0. The number of ether oxygens (including phenoxy) is 4. The van der Waals surface area contributed by atoms with Gasteiger partial charge in [-0.25, -0.2) is 0 Å². The molecule has 0 spiro atoms. The zero-order valence-corrected chi connectivity index (χ0v) is 24.0. The van der Waals surface area contributed by atoms with Gasteiger partial charge in [0.25, 0.3) is 0 Å². The van der Waals surface area contributed by atoms with Crippen LogP contribution in [0.1, 0.15) is 57.8 Å². The lowest BCUT2D eigenvalue weighted by Crippen LogP contribution is -2.32. The summed E-state index contributed by atoms with van der Waals surface area (Å²) in [6, 6.07) is -1.33. The van der Waals surface area contributed by atoms with Crippen LogP contribution in [0.3, 0.4) is 0 Å². The molecule has 1 aliphatic rings. The van der Waals surface area contributed by atoms with E-state index in [1.807, 2.05) is 0 Å². The molecule has 13 heteroatoms. The van der Waals surface area contributed by atoms with Crippen molar-refractivity contribution >= 4 is 35.9 Å². The summed E-state index contributed by atoms with van der Waals surface area (Å²) >= 11 is 1.41. The topological polar surface area (TPSA) is 160 Å². The Morgan fingerprint density at radius 2 is 1.38 bits per heavy atom. The summed E-state index contributed by atoms with van der Waals surface area (Å²) < 4.78 is 33.5. The number of hydrogen-bond donors (Lipinski definition) is 2. The number of rotatable bonds is 26. The van der Waals surface area contributed by atoms with Crippen molar-refractivity contribution in [3.05, 3.63) is 0 Å². The molecule has 1 rings (SSSR count). The molecule has 1 unspecified atom stereocenters. The third-order valence-electron chi connectivity index (χ3n) is 5.41. The molecule has 0 radical (unpaired) electrons. The third kappa shape index (κ3) is 23.0. The molecular weight excluding hydrogens is 533 g/mol. The minimum Gasteiger partial charge on any atom is -0.379 e. The fourth-order valence-electron chi connectivity index (χ4n) is 3.34. The molecule has 2 amide bonds. The van der Waals surface area contributed by atoms with Gasteiger partial charge in [0.15, 0.2) is 0 Å². The Labute approximate surface area is 236 Å². The van der Waals surface area contributed by atoms with E-state index in [0.29, 0.717) is 90.8 Å². The number of thioether (sulfide) groups is 1. The van der Waals surface area contributed by atoms with Gasteiger partial charge in [0.05, 0.1) is 58.1 Å². The van der Waals surface area contributed by atoms with Crippen LogP contribution in [-0.2, 0) is 38.1 Å². The number of likely N-dealkylation sites (tertiary alicyclic amines) is 1. The number of aldehydes is 1. The predicted molar refractivity (Wildman–Crippen MR) is 148 cm³/mol. The summed E-state index contributed by atoms with van der Waals surface area (Å²) in [6.07, 6.45) is 6.32. The summed E-state index contributed by atoms with van der Waals surface area (Å²) in [5, 5.41) is -0.380. The number of hydrogen-bond acceptors (Lipinski definition) is 11. The molecule has 1 fully saturated rings. The number of amides is 2. The zero-order valence-electron chi connectivity index (χ0n) is 23.2. The van der Waals surface area contributed by atoms with Crippen LogP contribution in [0.4, 0.5) is 4.39 Å². The zero-order chi connectivity index (χ0) is 29.0. The molecule has 39 heavy (non-hydrogen) atoms. The average Bonchev–Trinajstić information content (AvgIpc) is 3.18. The molecule has 0 bridgehead atoms. The van der Waals surface area contributed by atoms with Crippen LogP contribution in [0.5, 0.6) is 0 Å². The lowest BCUT2D eigenvalue weighted by molar-refractivity contribution is -0.138. The van der Waals surface area contributed by atoms with E-state index >= 15 is 0 Å². The molecule has 0 aliphatic carbocycles. The average molecular weight is 582 g/mol. The van der Waals surface area contributed by atoms with Crippen LogP contribution in [0.25, 0.3) is 0 Å². The molecule has 1 atom stereocenters. The standard InChI is InChI=1S/C21H34FNO8S.C5H14N2/c22-19(25)5-2-1-3-6-23-20(26)17-18(21(23)27)32-16-15-31-14-13-30-12-11-29-10-9-28-8-4-7-24;6-4-2-1-3-5-7/h7,18H,1-6,8-17H2;1-7H2. The third-order valence-corrected chi connectivity index (χ3v) is 6.58. The minimum absolute atomic E-state index is 0.112. The normalized spacial score (nSPS) is 14.9. The number of halogens is 1. The van der Waals surface area contributed by atoms with Gasteiger partial charge >= 0.3 is 6.04 Å².